The minimum absolute atomic E-state index is 0.198. The summed E-state index contributed by atoms with van der Waals surface area (Å²) in [6.07, 6.45) is 2.98. The minimum atomic E-state index is -3.32. The molecule has 0 radical (unpaired) electrons. The van der Waals surface area contributed by atoms with Gasteiger partial charge in [-0.25, -0.2) is 13.4 Å². The molecule has 0 saturated carbocycles. The Balaban J connectivity index is 1.81. The fourth-order valence-electron chi connectivity index (χ4n) is 2.51. The first-order valence-corrected chi connectivity index (χ1v) is 12.2. The van der Waals surface area contributed by atoms with Crippen LogP contribution >= 0.6 is 34.5 Å². The highest BCUT2D eigenvalue weighted by atomic mass is 35.5. The van der Waals surface area contributed by atoms with Crippen LogP contribution in [-0.4, -0.2) is 32.2 Å². The zero-order valence-corrected chi connectivity index (χ0v) is 18.8. The Kier molecular flexibility index (Phi) is 6.68. The number of hydrogen-bond acceptors (Lipinski definition) is 6. The van der Waals surface area contributed by atoms with Crippen LogP contribution in [0.25, 0.3) is 10.2 Å². The monoisotopic (exact) mass is 472 g/mol. The van der Waals surface area contributed by atoms with Gasteiger partial charge in [0.05, 0.1) is 31.8 Å². The molecule has 1 amide bonds. The quantitative estimate of drug-likeness (QED) is 0.462. The largest absolute Gasteiger partial charge is 0.490 e. The number of unbranched alkanes of at least 4 members (excludes halogenated alkanes) is 1. The first-order valence-electron chi connectivity index (χ1n) is 8.73. The van der Waals surface area contributed by atoms with Gasteiger partial charge in [-0.15, -0.1) is 0 Å². The number of amides is 1. The summed E-state index contributed by atoms with van der Waals surface area (Å²) < 4.78 is 29.6. The summed E-state index contributed by atoms with van der Waals surface area (Å²) in [6.45, 7) is 2.53. The SMILES string of the molecule is CCCCOc1c(Cl)cc(C(=O)Nc2nc3ccc(S(C)(=O)=O)cc3s2)cc1Cl. The number of rotatable bonds is 7. The van der Waals surface area contributed by atoms with Crippen molar-refractivity contribution in [3.05, 3.63) is 45.9 Å². The summed E-state index contributed by atoms with van der Waals surface area (Å²) in [7, 11) is -3.32. The molecule has 2 aromatic carbocycles. The van der Waals surface area contributed by atoms with Crippen molar-refractivity contribution in [3.8, 4) is 5.75 Å². The fraction of sp³-hybridized carbons (Fsp3) is 0.263. The normalized spacial score (nSPS) is 11.6. The molecular weight excluding hydrogens is 455 g/mol. The number of aromatic nitrogens is 1. The Morgan fingerprint density at radius 3 is 2.52 bits per heavy atom. The van der Waals surface area contributed by atoms with Crippen molar-refractivity contribution in [1.29, 1.82) is 0 Å². The summed E-state index contributed by atoms with van der Waals surface area (Å²) >= 11 is 13.6. The third-order valence-electron chi connectivity index (χ3n) is 4.01. The fourth-order valence-corrected chi connectivity index (χ4v) is 4.72. The zero-order chi connectivity index (χ0) is 21.2. The Morgan fingerprint density at radius 2 is 1.90 bits per heavy atom. The van der Waals surface area contributed by atoms with E-state index in [-0.39, 0.29) is 20.5 Å². The maximum absolute atomic E-state index is 12.6. The number of carbonyl (C=O) groups excluding carboxylic acids is 1. The van der Waals surface area contributed by atoms with E-state index in [9.17, 15) is 13.2 Å². The van der Waals surface area contributed by atoms with Crippen molar-refractivity contribution in [2.75, 3.05) is 18.2 Å². The molecule has 1 aromatic heterocycles. The van der Waals surface area contributed by atoms with Gasteiger partial charge in [0, 0.05) is 11.8 Å². The molecule has 0 spiro atoms. The summed E-state index contributed by atoms with van der Waals surface area (Å²) in [5, 5.41) is 3.53. The second kappa shape index (κ2) is 8.87. The predicted octanol–water partition coefficient (Wildman–Crippen LogP) is 5.44. The van der Waals surface area contributed by atoms with Crippen LogP contribution in [0.4, 0.5) is 5.13 Å². The van der Waals surface area contributed by atoms with Crippen LogP contribution in [-0.2, 0) is 9.84 Å². The number of benzene rings is 2. The lowest BCUT2D eigenvalue weighted by molar-refractivity contribution is 0.102. The van der Waals surface area contributed by atoms with Crippen molar-refractivity contribution in [1.82, 2.24) is 4.98 Å². The van der Waals surface area contributed by atoms with E-state index in [2.05, 4.69) is 10.3 Å². The van der Waals surface area contributed by atoms with Crippen LogP contribution in [0.15, 0.2) is 35.2 Å². The van der Waals surface area contributed by atoms with E-state index in [4.69, 9.17) is 27.9 Å². The molecule has 29 heavy (non-hydrogen) atoms. The van der Waals surface area contributed by atoms with Crippen LogP contribution < -0.4 is 10.1 Å². The molecule has 1 heterocycles. The molecule has 6 nitrogen and oxygen atoms in total. The molecule has 0 bridgehead atoms. The van der Waals surface area contributed by atoms with E-state index in [1.807, 2.05) is 6.92 Å². The molecule has 0 aliphatic carbocycles. The van der Waals surface area contributed by atoms with E-state index < -0.39 is 15.7 Å². The molecule has 3 aromatic rings. The van der Waals surface area contributed by atoms with Gasteiger partial charge in [-0.05, 0) is 36.8 Å². The van der Waals surface area contributed by atoms with Crippen LogP contribution in [0, 0.1) is 0 Å². The molecule has 0 saturated heterocycles. The summed E-state index contributed by atoms with van der Waals surface area (Å²) in [5.41, 5.74) is 0.854. The number of nitrogens with zero attached hydrogens (tertiary/aromatic N) is 1. The first kappa shape index (κ1) is 21.8. The van der Waals surface area contributed by atoms with Crippen molar-refractivity contribution in [2.45, 2.75) is 24.7 Å². The highest BCUT2D eigenvalue weighted by molar-refractivity contribution is 7.90. The number of halogens is 2. The number of fused-ring (bicyclic) bond motifs is 1. The average molecular weight is 473 g/mol. The summed E-state index contributed by atoms with van der Waals surface area (Å²) in [4.78, 5) is 17.1. The van der Waals surface area contributed by atoms with E-state index >= 15 is 0 Å². The highest BCUT2D eigenvalue weighted by Gasteiger charge is 2.16. The standard InChI is InChI=1S/C19H18Cl2N2O4S2/c1-3-4-7-27-17-13(20)8-11(9-14(17)21)18(24)23-19-22-15-6-5-12(29(2,25)26)10-16(15)28-19/h5-6,8-10H,3-4,7H2,1-2H3,(H,22,23,24). The minimum Gasteiger partial charge on any atom is -0.490 e. The Bertz CT molecular complexity index is 1150. The van der Waals surface area contributed by atoms with E-state index in [0.29, 0.717) is 27.7 Å². The van der Waals surface area contributed by atoms with Gasteiger partial charge < -0.3 is 4.74 Å². The number of carbonyl (C=O) groups is 1. The van der Waals surface area contributed by atoms with Gasteiger partial charge in [0.15, 0.2) is 20.7 Å². The molecular formula is C19H18Cl2N2O4S2. The smallest absolute Gasteiger partial charge is 0.257 e. The van der Waals surface area contributed by atoms with Gasteiger partial charge >= 0.3 is 0 Å². The van der Waals surface area contributed by atoms with Crippen molar-refractivity contribution in [3.63, 3.8) is 0 Å². The Morgan fingerprint density at radius 1 is 1.21 bits per heavy atom. The number of ether oxygens (including phenoxy) is 1. The summed E-state index contributed by atoms with van der Waals surface area (Å²) in [6, 6.07) is 7.60. The maximum Gasteiger partial charge on any atom is 0.257 e. The first-order chi connectivity index (χ1) is 13.7. The lowest BCUT2D eigenvalue weighted by atomic mass is 10.2. The molecule has 0 aliphatic rings. The lowest BCUT2D eigenvalue weighted by Crippen LogP contribution is -2.12. The average Bonchev–Trinajstić information content (AvgIpc) is 3.04. The molecule has 10 heteroatoms. The molecule has 154 valence electrons. The second-order valence-electron chi connectivity index (χ2n) is 6.35. The molecule has 0 unspecified atom stereocenters. The Hall–Kier alpha value is -1.87. The van der Waals surface area contributed by atoms with Gasteiger partial charge in [0.25, 0.3) is 5.91 Å². The molecule has 1 N–H and O–H groups in total. The zero-order valence-electron chi connectivity index (χ0n) is 15.7. The van der Waals surface area contributed by atoms with Crippen LogP contribution in [0.1, 0.15) is 30.1 Å². The molecule has 0 atom stereocenters. The van der Waals surface area contributed by atoms with Crippen molar-refractivity contribution < 1.29 is 17.9 Å². The molecule has 0 aliphatic heterocycles. The van der Waals surface area contributed by atoms with E-state index in [0.717, 1.165) is 19.1 Å². The number of anilines is 1. The topological polar surface area (TPSA) is 85.4 Å². The van der Waals surface area contributed by atoms with E-state index in [1.165, 1.54) is 35.6 Å². The highest BCUT2D eigenvalue weighted by Crippen LogP contribution is 2.35. The Labute approximate surface area is 182 Å². The van der Waals surface area contributed by atoms with Gasteiger partial charge in [0.1, 0.15) is 0 Å². The van der Waals surface area contributed by atoms with Gasteiger partial charge in [0.2, 0.25) is 0 Å². The third kappa shape index (κ3) is 5.19. The number of nitrogens with one attached hydrogen (secondary N) is 1. The molecule has 3 rings (SSSR count). The number of sulfone groups is 1. The van der Waals surface area contributed by atoms with Gasteiger partial charge in [-0.3, -0.25) is 10.1 Å². The van der Waals surface area contributed by atoms with Gasteiger partial charge in [-0.2, -0.15) is 0 Å². The molecule has 0 fully saturated rings. The van der Waals surface area contributed by atoms with Crippen LogP contribution in [0.2, 0.25) is 10.0 Å². The number of thiazole rings is 1. The van der Waals surface area contributed by atoms with Gasteiger partial charge in [-0.1, -0.05) is 47.9 Å². The van der Waals surface area contributed by atoms with E-state index in [1.54, 1.807) is 6.07 Å². The lowest BCUT2D eigenvalue weighted by Gasteiger charge is -2.11. The van der Waals surface area contributed by atoms with Crippen LogP contribution in [0.5, 0.6) is 5.75 Å². The maximum atomic E-state index is 12.6. The van der Waals surface area contributed by atoms with Crippen molar-refractivity contribution >= 4 is 65.6 Å². The summed E-state index contributed by atoms with van der Waals surface area (Å²) in [5.74, 6) is -0.0806. The predicted molar refractivity (Wildman–Crippen MR) is 118 cm³/mol. The number of hydrogen-bond donors (Lipinski definition) is 1. The second-order valence-corrected chi connectivity index (χ2v) is 10.2. The van der Waals surface area contributed by atoms with Crippen molar-refractivity contribution in [2.24, 2.45) is 0 Å². The third-order valence-corrected chi connectivity index (χ3v) is 6.62. The van der Waals surface area contributed by atoms with Crippen LogP contribution in [0.3, 0.4) is 0 Å².